The van der Waals surface area contributed by atoms with Gasteiger partial charge in [-0.1, -0.05) is 41.9 Å². The van der Waals surface area contributed by atoms with Crippen LogP contribution in [0.2, 0.25) is 5.02 Å². The second-order valence-electron chi connectivity index (χ2n) is 7.41. The summed E-state index contributed by atoms with van der Waals surface area (Å²) in [5, 5.41) is 3.24. The highest BCUT2D eigenvalue weighted by molar-refractivity contribution is 7.97. The van der Waals surface area contributed by atoms with Crippen LogP contribution < -0.4 is 9.62 Å². The molecule has 0 aromatic heterocycles. The average Bonchev–Trinajstić information content (AvgIpc) is 2.57. The van der Waals surface area contributed by atoms with Crippen molar-refractivity contribution in [2.75, 3.05) is 11.4 Å². The van der Waals surface area contributed by atoms with Gasteiger partial charge < -0.3 is 5.32 Å². The Bertz CT molecular complexity index is 1040. The molecule has 0 aliphatic carbocycles. The fraction of sp³-hybridized carbons (Fsp3) is 0.250. The Morgan fingerprint density at radius 3 is 2.30 bits per heavy atom. The molecule has 1 amide bonds. The van der Waals surface area contributed by atoms with Crippen LogP contribution in [0, 0.1) is 0 Å². The van der Waals surface area contributed by atoms with Crippen LogP contribution in [0.1, 0.15) is 31.9 Å². The van der Waals surface area contributed by atoms with Crippen molar-refractivity contribution in [2.45, 2.75) is 26.3 Å². The number of benzene rings is 2. The molecule has 0 bridgehead atoms. The number of nitrogens with one attached hydrogen (secondary N) is 1. The largest absolute Gasteiger partial charge is 0.347 e. The zero-order valence-corrected chi connectivity index (χ0v) is 17.1. The van der Waals surface area contributed by atoms with E-state index in [2.05, 4.69) is 5.32 Å². The lowest BCUT2D eigenvalue weighted by molar-refractivity contribution is -0.118. The third-order valence-corrected chi connectivity index (χ3v) is 6.23. The maximum absolute atomic E-state index is 13.2. The van der Waals surface area contributed by atoms with Gasteiger partial charge in [0.2, 0.25) is 0 Å². The van der Waals surface area contributed by atoms with Gasteiger partial charge in [-0.25, -0.2) is 8.42 Å². The molecule has 1 aliphatic heterocycles. The van der Waals surface area contributed by atoms with E-state index in [9.17, 15) is 13.2 Å². The number of carbonyl (C=O) groups is 1. The first-order valence-electron chi connectivity index (χ1n) is 8.43. The zero-order chi connectivity index (χ0) is 20.0. The van der Waals surface area contributed by atoms with Crippen LogP contribution in [-0.2, 0) is 14.8 Å². The summed E-state index contributed by atoms with van der Waals surface area (Å²) >= 11 is 6.19. The van der Waals surface area contributed by atoms with Gasteiger partial charge in [0.25, 0.3) is 15.9 Å². The van der Waals surface area contributed by atoms with Gasteiger partial charge in [0.05, 0.1) is 5.69 Å². The number of rotatable bonds is 2. The maximum Gasteiger partial charge on any atom is 0.270 e. The molecule has 0 fully saturated rings. The van der Waals surface area contributed by atoms with E-state index in [-0.39, 0.29) is 4.91 Å². The van der Waals surface area contributed by atoms with Crippen LogP contribution in [0.25, 0.3) is 5.57 Å². The van der Waals surface area contributed by atoms with Crippen molar-refractivity contribution in [1.29, 1.82) is 0 Å². The van der Waals surface area contributed by atoms with Crippen LogP contribution in [0.4, 0.5) is 5.69 Å². The Labute approximate surface area is 164 Å². The average molecular weight is 405 g/mol. The van der Waals surface area contributed by atoms with E-state index in [1.165, 1.54) is 7.05 Å². The molecule has 5 nitrogen and oxygen atoms in total. The summed E-state index contributed by atoms with van der Waals surface area (Å²) in [5.41, 5.74) is 1.48. The number of hydrogen-bond donors (Lipinski definition) is 1. The topological polar surface area (TPSA) is 66.5 Å². The molecule has 2 aromatic rings. The van der Waals surface area contributed by atoms with E-state index in [1.54, 1.807) is 63.2 Å². The van der Waals surface area contributed by atoms with Crippen molar-refractivity contribution in [3.8, 4) is 0 Å². The van der Waals surface area contributed by atoms with Gasteiger partial charge in [-0.2, -0.15) is 0 Å². The Hall–Kier alpha value is -2.31. The molecule has 7 heteroatoms. The van der Waals surface area contributed by atoms with E-state index in [0.29, 0.717) is 27.4 Å². The molecule has 0 saturated heterocycles. The first-order valence-corrected chi connectivity index (χ1v) is 10.3. The Morgan fingerprint density at radius 2 is 1.70 bits per heavy atom. The lowest BCUT2D eigenvalue weighted by Crippen LogP contribution is -2.46. The highest BCUT2D eigenvalue weighted by Gasteiger charge is 2.40. The first kappa shape index (κ1) is 19.5. The molecule has 0 atom stereocenters. The van der Waals surface area contributed by atoms with Gasteiger partial charge in [0.15, 0.2) is 4.91 Å². The standard InChI is InChI=1S/C20H21ClN2O3S/c1-20(2,3)22-19(24)18-17(13-8-6-5-7-9-13)15-12-14(21)10-11-16(15)23(4)27(18,25)26/h5-12H,1-4H3,(H,22,24). The van der Waals surface area contributed by atoms with Crippen molar-refractivity contribution >= 4 is 38.8 Å². The fourth-order valence-electron chi connectivity index (χ4n) is 3.02. The predicted molar refractivity (Wildman–Crippen MR) is 109 cm³/mol. The van der Waals surface area contributed by atoms with Crippen LogP contribution in [0.3, 0.4) is 0 Å². The van der Waals surface area contributed by atoms with Crippen LogP contribution in [0.15, 0.2) is 53.4 Å². The Balaban J connectivity index is 2.40. The molecule has 0 saturated carbocycles. The summed E-state index contributed by atoms with van der Waals surface area (Å²) in [6, 6.07) is 14.0. The van der Waals surface area contributed by atoms with Crippen LogP contribution in [-0.4, -0.2) is 26.9 Å². The van der Waals surface area contributed by atoms with E-state index < -0.39 is 21.5 Å². The lowest BCUT2D eigenvalue weighted by Gasteiger charge is -2.32. The SMILES string of the molecule is CN1c2ccc(Cl)cc2C(c2ccccc2)=C(C(=O)NC(C)(C)C)S1(=O)=O. The molecule has 0 radical (unpaired) electrons. The van der Waals surface area contributed by atoms with Crippen molar-refractivity contribution in [1.82, 2.24) is 5.32 Å². The van der Waals surface area contributed by atoms with Gasteiger partial charge in [-0.05, 0) is 44.5 Å². The molecule has 142 valence electrons. The minimum absolute atomic E-state index is 0.277. The zero-order valence-electron chi connectivity index (χ0n) is 15.6. The minimum atomic E-state index is -4.04. The monoisotopic (exact) mass is 404 g/mol. The number of carbonyl (C=O) groups excluding carboxylic acids is 1. The maximum atomic E-state index is 13.2. The summed E-state index contributed by atoms with van der Waals surface area (Å²) in [4.78, 5) is 12.8. The molecule has 0 spiro atoms. The number of halogens is 1. The van der Waals surface area contributed by atoms with Crippen molar-refractivity contribution < 1.29 is 13.2 Å². The van der Waals surface area contributed by atoms with E-state index in [1.807, 2.05) is 6.07 Å². The quantitative estimate of drug-likeness (QED) is 0.827. The number of amides is 1. The van der Waals surface area contributed by atoms with E-state index in [0.717, 1.165) is 4.31 Å². The summed E-state index contributed by atoms with van der Waals surface area (Å²) < 4.78 is 27.6. The summed E-state index contributed by atoms with van der Waals surface area (Å²) in [6.45, 7) is 5.41. The summed E-state index contributed by atoms with van der Waals surface area (Å²) in [5.74, 6) is -0.640. The minimum Gasteiger partial charge on any atom is -0.347 e. The molecule has 27 heavy (non-hydrogen) atoms. The second-order valence-corrected chi connectivity index (χ2v) is 9.75. The fourth-order valence-corrected chi connectivity index (χ4v) is 4.66. The van der Waals surface area contributed by atoms with Gasteiger partial charge in [-0.15, -0.1) is 0 Å². The number of hydrogen-bond acceptors (Lipinski definition) is 3. The molecular weight excluding hydrogens is 384 g/mol. The highest BCUT2D eigenvalue weighted by atomic mass is 35.5. The molecule has 2 aromatic carbocycles. The van der Waals surface area contributed by atoms with Gasteiger partial charge in [-0.3, -0.25) is 9.10 Å². The number of anilines is 1. The number of sulfonamides is 1. The van der Waals surface area contributed by atoms with Crippen molar-refractivity contribution in [2.24, 2.45) is 0 Å². The molecule has 1 N–H and O–H groups in total. The molecule has 1 heterocycles. The second kappa shape index (κ2) is 6.69. The first-order chi connectivity index (χ1) is 12.5. The van der Waals surface area contributed by atoms with Gasteiger partial charge in [0, 0.05) is 28.7 Å². The van der Waals surface area contributed by atoms with Crippen LogP contribution >= 0.6 is 11.6 Å². The normalized spacial score (nSPS) is 16.1. The van der Waals surface area contributed by atoms with Gasteiger partial charge in [0.1, 0.15) is 0 Å². The van der Waals surface area contributed by atoms with E-state index in [4.69, 9.17) is 11.6 Å². The van der Waals surface area contributed by atoms with Crippen LogP contribution in [0.5, 0.6) is 0 Å². The molecular formula is C20H21ClN2O3S. The Morgan fingerprint density at radius 1 is 1.07 bits per heavy atom. The third kappa shape index (κ3) is 3.59. The molecule has 1 aliphatic rings. The highest BCUT2D eigenvalue weighted by Crippen LogP contribution is 2.43. The summed E-state index contributed by atoms with van der Waals surface area (Å²) in [6.07, 6.45) is 0. The van der Waals surface area contributed by atoms with Gasteiger partial charge >= 0.3 is 0 Å². The van der Waals surface area contributed by atoms with E-state index >= 15 is 0 Å². The number of fused-ring (bicyclic) bond motifs is 1. The molecule has 3 rings (SSSR count). The molecule has 0 unspecified atom stereocenters. The third-order valence-electron chi connectivity index (χ3n) is 4.17. The number of nitrogens with zero attached hydrogens (tertiary/aromatic N) is 1. The Kier molecular flexibility index (Phi) is 4.82. The smallest absolute Gasteiger partial charge is 0.270 e. The predicted octanol–water partition coefficient (Wildman–Crippen LogP) is 3.79. The summed E-state index contributed by atoms with van der Waals surface area (Å²) in [7, 11) is -2.60. The lowest BCUT2D eigenvalue weighted by atomic mass is 9.95. The van der Waals surface area contributed by atoms with Crippen molar-refractivity contribution in [3.63, 3.8) is 0 Å². The van der Waals surface area contributed by atoms with Crippen molar-refractivity contribution in [3.05, 3.63) is 69.6 Å².